The number of hydrogen-bond donors (Lipinski definition) is 1. The summed E-state index contributed by atoms with van der Waals surface area (Å²) in [5.74, 6) is 0.643. The number of carbonyl (C=O) groups is 1. The van der Waals surface area contributed by atoms with Crippen molar-refractivity contribution in [2.45, 2.75) is 102 Å². The minimum atomic E-state index is -1.24. The molecule has 39 heavy (non-hydrogen) atoms. The third-order valence-corrected chi connectivity index (χ3v) is 7.61. The lowest BCUT2D eigenvalue weighted by Gasteiger charge is -2.29. The van der Waals surface area contributed by atoms with E-state index in [1.54, 1.807) is 0 Å². The summed E-state index contributed by atoms with van der Waals surface area (Å²) in [4.78, 5) is 12.6. The van der Waals surface area contributed by atoms with E-state index in [0.717, 1.165) is 37.2 Å². The number of hydrogen-bond acceptors (Lipinski definition) is 3. The summed E-state index contributed by atoms with van der Waals surface area (Å²) >= 11 is 0. The van der Waals surface area contributed by atoms with E-state index in [0.29, 0.717) is 17.9 Å². The predicted octanol–water partition coefficient (Wildman–Crippen LogP) is 9.40. The number of benzene rings is 2. The highest BCUT2D eigenvalue weighted by Crippen LogP contribution is 2.40. The molecule has 0 bridgehead atoms. The van der Waals surface area contributed by atoms with Gasteiger partial charge in [0.05, 0.1) is 13.2 Å². The molecule has 3 rings (SSSR count). The van der Waals surface area contributed by atoms with Crippen molar-refractivity contribution in [3.8, 4) is 11.5 Å². The van der Waals surface area contributed by atoms with Crippen LogP contribution in [0.5, 0.6) is 11.5 Å². The smallest absolute Gasteiger partial charge is 0.322 e. The van der Waals surface area contributed by atoms with Crippen molar-refractivity contribution in [1.82, 2.24) is 0 Å². The number of ether oxygens (including phenoxy) is 2. The minimum absolute atomic E-state index is 0.0151. The van der Waals surface area contributed by atoms with Crippen LogP contribution in [-0.4, -0.2) is 24.3 Å². The molecule has 2 aromatic carbocycles. The molecule has 0 saturated heterocycles. The normalized spacial score (nSPS) is 18.3. The average Bonchev–Trinajstić information content (AvgIpc) is 2.97. The van der Waals surface area contributed by atoms with Crippen LogP contribution in [0.25, 0.3) is 0 Å². The van der Waals surface area contributed by atoms with E-state index in [1.165, 1.54) is 57.8 Å². The van der Waals surface area contributed by atoms with Crippen molar-refractivity contribution in [2.24, 2.45) is 0 Å². The van der Waals surface area contributed by atoms with Crippen LogP contribution in [0.4, 0.5) is 0 Å². The SMILES string of the molecule is CCCCCCCCOc1ccc(C2C=CC(C(=O)O)(c3ccccc3OCCCCCCCC)C=C2)cc1. The summed E-state index contributed by atoms with van der Waals surface area (Å²) in [6.07, 6.45) is 22.2. The summed E-state index contributed by atoms with van der Waals surface area (Å²) in [6.45, 7) is 5.80. The van der Waals surface area contributed by atoms with Gasteiger partial charge in [0.15, 0.2) is 0 Å². The van der Waals surface area contributed by atoms with Crippen molar-refractivity contribution < 1.29 is 19.4 Å². The average molecular weight is 533 g/mol. The van der Waals surface area contributed by atoms with Gasteiger partial charge in [0.2, 0.25) is 0 Å². The van der Waals surface area contributed by atoms with Gasteiger partial charge >= 0.3 is 5.97 Å². The van der Waals surface area contributed by atoms with E-state index in [9.17, 15) is 9.90 Å². The Hall–Kier alpha value is -3.01. The quantitative estimate of drug-likeness (QED) is 0.145. The highest BCUT2D eigenvalue weighted by Gasteiger charge is 2.39. The zero-order valence-corrected chi connectivity index (χ0v) is 24.1. The van der Waals surface area contributed by atoms with Crippen LogP contribution in [0.1, 0.15) is 108 Å². The molecule has 1 N–H and O–H groups in total. The highest BCUT2D eigenvalue weighted by atomic mass is 16.5. The lowest BCUT2D eigenvalue weighted by molar-refractivity contribution is -0.140. The van der Waals surface area contributed by atoms with Gasteiger partial charge in [-0.2, -0.15) is 0 Å². The first-order chi connectivity index (χ1) is 19.1. The van der Waals surface area contributed by atoms with Crippen molar-refractivity contribution in [2.75, 3.05) is 13.2 Å². The molecule has 0 radical (unpaired) electrons. The molecule has 0 aliphatic heterocycles. The van der Waals surface area contributed by atoms with Gasteiger partial charge in [-0.15, -0.1) is 0 Å². The standard InChI is InChI=1S/C35H48O4/c1-3-5-7-9-11-15-27-38-31-21-19-29(20-22-31)30-23-25-35(26-24-30,34(36)37)32-17-13-14-18-33(32)39-28-16-12-10-8-6-4-2/h13-14,17-26,30H,3-12,15-16,27-28H2,1-2H3,(H,36,37). The van der Waals surface area contributed by atoms with E-state index in [1.807, 2.05) is 60.7 Å². The van der Waals surface area contributed by atoms with Crippen LogP contribution >= 0.6 is 0 Å². The molecule has 212 valence electrons. The van der Waals surface area contributed by atoms with Crippen molar-refractivity contribution in [3.05, 3.63) is 84.0 Å². The Morgan fingerprint density at radius 3 is 1.85 bits per heavy atom. The highest BCUT2D eigenvalue weighted by molar-refractivity contribution is 5.88. The Morgan fingerprint density at radius 2 is 1.26 bits per heavy atom. The molecule has 0 unspecified atom stereocenters. The maximum atomic E-state index is 12.6. The molecule has 2 aromatic rings. The number of carboxylic acid groups (broad SMARTS) is 1. The molecule has 0 fully saturated rings. The molecule has 0 saturated carbocycles. The Morgan fingerprint density at radius 1 is 0.718 bits per heavy atom. The van der Waals surface area contributed by atoms with Crippen LogP contribution in [0.2, 0.25) is 0 Å². The van der Waals surface area contributed by atoms with Crippen LogP contribution in [0.15, 0.2) is 72.8 Å². The first kappa shape index (κ1) is 30.5. The van der Waals surface area contributed by atoms with E-state index >= 15 is 0 Å². The summed E-state index contributed by atoms with van der Waals surface area (Å²) in [5, 5.41) is 10.3. The van der Waals surface area contributed by atoms with Gasteiger partial charge < -0.3 is 14.6 Å². The second kappa shape index (κ2) is 16.8. The Kier molecular flexibility index (Phi) is 13.2. The number of carboxylic acids is 1. The third kappa shape index (κ3) is 9.30. The molecular formula is C35H48O4. The molecule has 0 spiro atoms. The summed E-state index contributed by atoms with van der Waals surface area (Å²) < 4.78 is 12.0. The molecule has 0 aromatic heterocycles. The monoisotopic (exact) mass is 532 g/mol. The number of aliphatic carboxylic acids is 1. The van der Waals surface area contributed by atoms with E-state index in [2.05, 4.69) is 26.0 Å². The molecule has 1 aliphatic carbocycles. The second-order valence-corrected chi connectivity index (χ2v) is 10.7. The zero-order chi connectivity index (χ0) is 27.8. The molecular weight excluding hydrogens is 484 g/mol. The predicted molar refractivity (Wildman–Crippen MR) is 161 cm³/mol. The lowest BCUT2D eigenvalue weighted by Crippen LogP contribution is -2.33. The fraction of sp³-hybridized carbons (Fsp3) is 0.514. The first-order valence-corrected chi connectivity index (χ1v) is 15.2. The largest absolute Gasteiger partial charge is 0.494 e. The van der Waals surface area contributed by atoms with E-state index in [-0.39, 0.29) is 5.92 Å². The third-order valence-electron chi connectivity index (χ3n) is 7.61. The fourth-order valence-corrected chi connectivity index (χ4v) is 5.15. The topological polar surface area (TPSA) is 55.8 Å². The maximum absolute atomic E-state index is 12.6. The Bertz CT molecular complexity index is 1020. The van der Waals surface area contributed by atoms with Crippen LogP contribution in [0.3, 0.4) is 0 Å². The summed E-state index contributed by atoms with van der Waals surface area (Å²) in [7, 11) is 0. The molecule has 0 heterocycles. The van der Waals surface area contributed by atoms with Gasteiger partial charge in [-0.3, -0.25) is 4.79 Å². The van der Waals surface area contributed by atoms with Gasteiger partial charge in [0, 0.05) is 11.5 Å². The molecule has 0 amide bonds. The molecule has 4 heteroatoms. The van der Waals surface area contributed by atoms with Gasteiger partial charge in [0.25, 0.3) is 0 Å². The molecule has 4 nitrogen and oxygen atoms in total. The Balaban J connectivity index is 1.58. The van der Waals surface area contributed by atoms with E-state index in [4.69, 9.17) is 9.47 Å². The number of para-hydroxylation sites is 1. The van der Waals surface area contributed by atoms with E-state index < -0.39 is 11.4 Å². The van der Waals surface area contributed by atoms with Gasteiger partial charge in [0.1, 0.15) is 16.9 Å². The number of allylic oxidation sites excluding steroid dienone is 2. The van der Waals surface area contributed by atoms with Gasteiger partial charge in [-0.05, 0) is 36.6 Å². The number of rotatable bonds is 19. The zero-order valence-electron chi connectivity index (χ0n) is 24.1. The van der Waals surface area contributed by atoms with Crippen LogP contribution in [-0.2, 0) is 10.2 Å². The van der Waals surface area contributed by atoms with Crippen LogP contribution in [0, 0.1) is 0 Å². The second-order valence-electron chi connectivity index (χ2n) is 10.7. The maximum Gasteiger partial charge on any atom is 0.322 e. The summed E-state index contributed by atoms with van der Waals surface area (Å²) in [6, 6.07) is 15.7. The Labute approximate surface area is 236 Å². The fourth-order valence-electron chi connectivity index (χ4n) is 5.15. The lowest BCUT2D eigenvalue weighted by atomic mass is 9.74. The molecule has 1 aliphatic rings. The van der Waals surface area contributed by atoms with Crippen molar-refractivity contribution in [3.63, 3.8) is 0 Å². The van der Waals surface area contributed by atoms with Gasteiger partial charge in [-0.25, -0.2) is 0 Å². The van der Waals surface area contributed by atoms with Crippen LogP contribution < -0.4 is 9.47 Å². The first-order valence-electron chi connectivity index (χ1n) is 15.2. The van der Waals surface area contributed by atoms with Crippen molar-refractivity contribution >= 4 is 5.97 Å². The van der Waals surface area contributed by atoms with Crippen molar-refractivity contribution in [1.29, 1.82) is 0 Å². The number of unbranched alkanes of at least 4 members (excludes halogenated alkanes) is 10. The summed E-state index contributed by atoms with van der Waals surface area (Å²) in [5.41, 5.74) is 0.544. The molecule has 0 atom stereocenters. The van der Waals surface area contributed by atoms with Gasteiger partial charge in [-0.1, -0.05) is 133 Å². The minimum Gasteiger partial charge on any atom is -0.494 e.